The fraction of sp³-hybridized carbons (Fsp3) is 0.750. The Bertz CT molecular complexity index is 631. The molecule has 0 spiro atoms. The Kier molecular flexibility index (Phi) is 20.9. The summed E-state index contributed by atoms with van der Waals surface area (Å²) in [5.41, 5.74) is 1.21. The minimum Gasteiger partial charge on any atom is -0.494 e. The summed E-state index contributed by atoms with van der Waals surface area (Å²) in [7, 11) is 1.89. The van der Waals surface area contributed by atoms with Crippen LogP contribution >= 0.6 is 8.60 Å². The largest absolute Gasteiger partial charge is 0.494 e. The molecule has 0 aliphatic heterocycles. The van der Waals surface area contributed by atoms with E-state index in [1.165, 1.54) is 63.4 Å². The Morgan fingerprint density at radius 2 is 1.53 bits per heavy atom. The lowest BCUT2D eigenvalue weighted by atomic mass is 10.1. The second kappa shape index (κ2) is 22.9. The summed E-state index contributed by atoms with van der Waals surface area (Å²) in [4.78, 5) is 22.6. The standard InChI is InChI=1S/C28H50NO6P/c1-4-5-6-7-8-9-10-11-12-13-22-32-27-19-17-26(18-20-27)15-14-16-28(33-25-30)24-35-36(31)34-23-21-29(2)3/h17-20,25,28,31H,4-16,21-24H2,1-3H3. The molecule has 1 N–H and O–H groups in total. The van der Waals surface area contributed by atoms with E-state index in [-0.39, 0.29) is 6.61 Å². The molecule has 0 aliphatic carbocycles. The molecule has 208 valence electrons. The van der Waals surface area contributed by atoms with Crippen LogP contribution in [0.1, 0.15) is 89.5 Å². The van der Waals surface area contributed by atoms with Crippen molar-refractivity contribution in [3.63, 3.8) is 0 Å². The summed E-state index contributed by atoms with van der Waals surface area (Å²) < 4.78 is 21.6. The molecule has 0 aromatic heterocycles. The van der Waals surface area contributed by atoms with E-state index >= 15 is 0 Å². The van der Waals surface area contributed by atoms with Crippen LogP contribution in [0.2, 0.25) is 0 Å². The number of carbonyl (C=O) groups excluding carboxylic acids is 1. The average Bonchev–Trinajstić information content (AvgIpc) is 2.86. The number of ether oxygens (including phenoxy) is 2. The predicted octanol–water partition coefficient (Wildman–Crippen LogP) is 6.66. The molecule has 1 aromatic rings. The first-order valence-corrected chi connectivity index (χ1v) is 14.9. The molecule has 0 amide bonds. The van der Waals surface area contributed by atoms with Crippen LogP contribution < -0.4 is 4.74 Å². The van der Waals surface area contributed by atoms with E-state index < -0.39 is 14.7 Å². The van der Waals surface area contributed by atoms with E-state index in [0.717, 1.165) is 31.6 Å². The lowest BCUT2D eigenvalue weighted by Crippen LogP contribution is -2.20. The fourth-order valence-electron chi connectivity index (χ4n) is 3.82. The number of likely N-dealkylation sites (N-methyl/N-ethyl adjacent to an activating group) is 1. The number of benzene rings is 1. The zero-order valence-electron chi connectivity index (χ0n) is 22.9. The van der Waals surface area contributed by atoms with Crippen LogP contribution in [0.15, 0.2) is 24.3 Å². The van der Waals surface area contributed by atoms with E-state index in [1.54, 1.807) is 0 Å². The highest BCUT2D eigenvalue weighted by Crippen LogP contribution is 2.33. The Hall–Kier alpha value is -1.24. The summed E-state index contributed by atoms with van der Waals surface area (Å²) in [5, 5.41) is 0. The van der Waals surface area contributed by atoms with Gasteiger partial charge in [0.25, 0.3) is 6.47 Å². The molecule has 36 heavy (non-hydrogen) atoms. The maximum absolute atomic E-state index is 10.8. The SMILES string of the molecule is CCCCCCCCCCCCOc1ccc(CCCC(COP(O)OCCN(C)C)OC=O)cc1. The van der Waals surface area contributed by atoms with Gasteiger partial charge < -0.3 is 28.3 Å². The monoisotopic (exact) mass is 527 g/mol. The molecule has 1 rings (SSSR count). The molecule has 0 bridgehead atoms. The Balaban J connectivity index is 2.13. The zero-order chi connectivity index (χ0) is 26.3. The first-order valence-electron chi connectivity index (χ1n) is 13.8. The molecule has 0 saturated carbocycles. The van der Waals surface area contributed by atoms with Crippen molar-refractivity contribution in [2.75, 3.05) is 40.5 Å². The van der Waals surface area contributed by atoms with Gasteiger partial charge in [-0.25, -0.2) is 0 Å². The second-order valence-electron chi connectivity index (χ2n) is 9.59. The van der Waals surface area contributed by atoms with Gasteiger partial charge in [0.2, 0.25) is 0 Å². The molecule has 0 saturated heterocycles. The van der Waals surface area contributed by atoms with Crippen molar-refractivity contribution >= 4 is 15.1 Å². The number of nitrogens with zero attached hydrogens (tertiary/aromatic N) is 1. The van der Waals surface area contributed by atoms with Crippen molar-refractivity contribution in [3.05, 3.63) is 29.8 Å². The maximum atomic E-state index is 10.8. The van der Waals surface area contributed by atoms with Gasteiger partial charge in [-0.3, -0.25) is 4.79 Å². The molecular weight excluding hydrogens is 477 g/mol. The van der Waals surface area contributed by atoms with Gasteiger partial charge >= 0.3 is 8.60 Å². The van der Waals surface area contributed by atoms with E-state index in [4.69, 9.17) is 18.5 Å². The average molecular weight is 528 g/mol. The fourth-order valence-corrected chi connectivity index (χ4v) is 4.43. The van der Waals surface area contributed by atoms with Gasteiger partial charge in [-0.2, -0.15) is 0 Å². The van der Waals surface area contributed by atoms with Gasteiger partial charge in [0.1, 0.15) is 11.9 Å². The van der Waals surface area contributed by atoms with Gasteiger partial charge in [0.05, 0.1) is 19.8 Å². The van der Waals surface area contributed by atoms with Crippen molar-refractivity contribution in [2.24, 2.45) is 0 Å². The zero-order valence-corrected chi connectivity index (χ0v) is 23.8. The molecule has 0 fully saturated rings. The Labute approximate surface area is 220 Å². The maximum Gasteiger partial charge on any atom is 0.330 e. The lowest BCUT2D eigenvalue weighted by Gasteiger charge is -2.18. The van der Waals surface area contributed by atoms with E-state index in [1.807, 2.05) is 31.1 Å². The normalized spacial score (nSPS) is 13.0. The summed E-state index contributed by atoms with van der Waals surface area (Å²) in [6.45, 7) is 4.66. The molecule has 8 heteroatoms. The van der Waals surface area contributed by atoms with E-state index in [9.17, 15) is 9.69 Å². The first kappa shape index (κ1) is 32.8. The topological polar surface area (TPSA) is 77.5 Å². The smallest absolute Gasteiger partial charge is 0.330 e. The molecule has 0 heterocycles. The van der Waals surface area contributed by atoms with Crippen LogP contribution in [0.5, 0.6) is 5.75 Å². The van der Waals surface area contributed by atoms with Crippen molar-refractivity contribution < 1.29 is 28.2 Å². The molecule has 0 radical (unpaired) electrons. The summed E-state index contributed by atoms with van der Waals surface area (Å²) >= 11 is 0. The molecule has 2 atom stereocenters. The van der Waals surface area contributed by atoms with Crippen LogP contribution in [-0.4, -0.2) is 62.8 Å². The minimum absolute atomic E-state index is 0.120. The van der Waals surface area contributed by atoms with Gasteiger partial charge in [-0.1, -0.05) is 76.8 Å². The second-order valence-corrected chi connectivity index (χ2v) is 10.6. The van der Waals surface area contributed by atoms with E-state index in [2.05, 4.69) is 19.1 Å². The van der Waals surface area contributed by atoms with Crippen LogP contribution in [-0.2, 0) is 25.0 Å². The van der Waals surface area contributed by atoms with Crippen LogP contribution in [0.25, 0.3) is 0 Å². The van der Waals surface area contributed by atoms with Crippen molar-refractivity contribution in [3.8, 4) is 5.75 Å². The third kappa shape index (κ3) is 18.9. The lowest BCUT2D eigenvalue weighted by molar-refractivity contribution is -0.135. The van der Waals surface area contributed by atoms with Gasteiger partial charge in [-0.15, -0.1) is 0 Å². The highest BCUT2D eigenvalue weighted by Gasteiger charge is 2.15. The van der Waals surface area contributed by atoms with Crippen molar-refractivity contribution in [1.82, 2.24) is 4.90 Å². The Morgan fingerprint density at radius 1 is 0.889 bits per heavy atom. The number of hydrogen-bond donors (Lipinski definition) is 1. The predicted molar refractivity (Wildman–Crippen MR) is 147 cm³/mol. The van der Waals surface area contributed by atoms with Crippen LogP contribution in [0.4, 0.5) is 0 Å². The number of aryl methyl sites for hydroxylation is 1. The Morgan fingerprint density at radius 3 is 2.14 bits per heavy atom. The van der Waals surface area contributed by atoms with Crippen molar-refractivity contribution in [2.45, 2.75) is 96.5 Å². The summed E-state index contributed by atoms with van der Waals surface area (Å²) in [6, 6.07) is 8.23. The number of rotatable bonds is 25. The number of unbranched alkanes of at least 4 members (excludes halogenated alkanes) is 9. The third-order valence-electron chi connectivity index (χ3n) is 6.04. The molecule has 1 aromatic carbocycles. The molecule has 0 aliphatic rings. The van der Waals surface area contributed by atoms with Crippen molar-refractivity contribution in [1.29, 1.82) is 0 Å². The van der Waals surface area contributed by atoms with Gasteiger partial charge in [0, 0.05) is 6.54 Å². The van der Waals surface area contributed by atoms with Gasteiger partial charge in [0.15, 0.2) is 0 Å². The van der Waals surface area contributed by atoms with Gasteiger partial charge in [-0.05, 0) is 57.5 Å². The molecule has 2 unspecified atom stereocenters. The molecular formula is C28H50NO6P. The summed E-state index contributed by atoms with van der Waals surface area (Å²) in [5.74, 6) is 0.913. The molecule has 7 nitrogen and oxygen atoms in total. The minimum atomic E-state index is -1.97. The van der Waals surface area contributed by atoms with E-state index in [0.29, 0.717) is 26.0 Å². The van der Waals surface area contributed by atoms with Crippen LogP contribution in [0.3, 0.4) is 0 Å². The highest BCUT2D eigenvalue weighted by atomic mass is 31.2. The first-order chi connectivity index (χ1) is 17.5. The number of carbonyl (C=O) groups is 1. The van der Waals surface area contributed by atoms with Crippen LogP contribution in [0, 0.1) is 0 Å². The number of hydrogen-bond acceptors (Lipinski definition) is 7. The quantitative estimate of drug-likeness (QED) is 0.0865. The third-order valence-corrected chi connectivity index (χ3v) is 6.81. The summed E-state index contributed by atoms with van der Waals surface area (Å²) in [6.07, 6.45) is 15.2. The highest BCUT2D eigenvalue weighted by molar-refractivity contribution is 7.40.